The quantitative estimate of drug-likeness (QED) is 0.779. The smallest absolute Gasteiger partial charge is 0.326 e. The third-order valence-electron chi connectivity index (χ3n) is 3.55. The molecule has 1 aromatic rings. The summed E-state index contributed by atoms with van der Waals surface area (Å²) in [7, 11) is 0. The van der Waals surface area contributed by atoms with Gasteiger partial charge >= 0.3 is 5.97 Å². The normalized spacial score (nSPS) is 18.6. The monoisotopic (exact) mass is 290 g/mol. The molecule has 2 atom stereocenters. The molecule has 1 aliphatic rings. The van der Waals surface area contributed by atoms with Gasteiger partial charge in [-0.05, 0) is 17.5 Å². The summed E-state index contributed by atoms with van der Waals surface area (Å²) in [5.41, 5.74) is 1.31. The fourth-order valence-corrected chi connectivity index (χ4v) is 2.41. The van der Waals surface area contributed by atoms with Crippen molar-refractivity contribution >= 4 is 23.5 Å². The zero-order chi connectivity index (χ0) is 15.6. The lowest BCUT2D eigenvalue weighted by Crippen LogP contribution is -2.47. The molecule has 1 unspecified atom stereocenters. The summed E-state index contributed by atoms with van der Waals surface area (Å²) in [6.07, 6.45) is 0.0211. The van der Waals surface area contributed by atoms with Crippen LogP contribution >= 0.6 is 0 Å². The number of carboxylic acid groups (broad SMARTS) is 1. The van der Waals surface area contributed by atoms with E-state index in [1.807, 2.05) is 0 Å². The second-order valence-electron chi connectivity index (χ2n) is 5.46. The Morgan fingerprint density at radius 3 is 2.62 bits per heavy atom. The van der Waals surface area contributed by atoms with Crippen LogP contribution in [0.3, 0.4) is 0 Å². The zero-order valence-electron chi connectivity index (χ0n) is 11.9. The van der Waals surface area contributed by atoms with Crippen LogP contribution in [0.5, 0.6) is 0 Å². The number of carbonyl (C=O) groups excluding carboxylic acids is 2. The number of hydrogen-bond donors (Lipinski definition) is 3. The topological polar surface area (TPSA) is 95.5 Å². The predicted molar refractivity (Wildman–Crippen MR) is 76.8 cm³/mol. The lowest BCUT2D eigenvalue weighted by atomic mass is 9.89. The van der Waals surface area contributed by atoms with Crippen LogP contribution < -0.4 is 10.6 Å². The van der Waals surface area contributed by atoms with Gasteiger partial charge in [-0.2, -0.15) is 0 Å². The van der Waals surface area contributed by atoms with Crippen molar-refractivity contribution in [2.75, 3.05) is 5.32 Å². The summed E-state index contributed by atoms with van der Waals surface area (Å²) in [4.78, 5) is 35.2. The van der Waals surface area contributed by atoms with Crippen LogP contribution in [0, 0.1) is 5.92 Å². The van der Waals surface area contributed by atoms with Gasteiger partial charge in [0.2, 0.25) is 11.8 Å². The molecule has 1 aliphatic heterocycles. The van der Waals surface area contributed by atoms with Gasteiger partial charge in [-0.25, -0.2) is 4.79 Å². The van der Waals surface area contributed by atoms with Crippen molar-refractivity contribution in [3.05, 3.63) is 29.8 Å². The minimum Gasteiger partial charge on any atom is -0.480 e. The average Bonchev–Trinajstić information content (AvgIpc) is 2.42. The maximum Gasteiger partial charge on any atom is 0.326 e. The second-order valence-corrected chi connectivity index (χ2v) is 5.46. The van der Waals surface area contributed by atoms with Gasteiger partial charge in [0.05, 0.1) is 5.92 Å². The Bertz CT molecular complexity index is 583. The van der Waals surface area contributed by atoms with Crippen LogP contribution in [0.1, 0.15) is 31.7 Å². The third kappa shape index (κ3) is 3.21. The molecule has 2 amide bonds. The van der Waals surface area contributed by atoms with Crippen molar-refractivity contribution < 1.29 is 19.5 Å². The Kier molecular flexibility index (Phi) is 4.26. The summed E-state index contributed by atoms with van der Waals surface area (Å²) in [5.74, 6) is -2.65. The lowest BCUT2D eigenvalue weighted by Gasteiger charge is -2.27. The number of para-hydroxylation sites is 1. The maximum atomic E-state index is 12.4. The maximum absolute atomic E-state index is 12.4. The van der Waals surface area contributed by atoms with Crippen molar-refractivity contribution in [1.29, 1.82) is 0 Å². The van der Waals surface area contributed by atoms with Gasteiger partial charge in [-0.3, -0.25) is 9.59 Å². The van der Waals surface area contributed by atoms with Crippen molar-refractivity contribution in [2.45, 2.75) is 32.2 Å². The highest BCUT2D eigenvalue weighted by Crippen LogP contribution is 2.32. The number of hydrogen-bond acceptors (Lipinski definition) is 3. The van der Waals surface area contributed by atoms with Gasteiger partial charge < -0.3 is 15.7 Å². The zero-order valence-corrected chi connectivity index (χ0v) is 11.9. The van der Waals surface area contributed by atoms with Crippen molar-refractivity contribution in [1.82, 2.24) is 5.32 Å². The molecule has 0 bridgehead atoms. The highest BCUT2D eigenvalue weighted by atomic mass is 16.4. The van der Waals surface area contributed by atoms with Gasteiger partial charge in [-0.1, -0.05) is 32.0 Å². The summed E-state index contributed by atoms with van der Waals surface area (Å²) < 4.78 is 0. The van der Waals surface area contributed by atoms with Crippen LogP contribution in [0.25, 0.3) is 0 Å². The standard InChI is InChI=1S/C15H18N2O4/c1-8(2)13(15(20)21)17-14(19)10-7-12(18)16-11-6-4-3-5-9(10)11/h3-6,8,10,13H,7H2,1-2H3,(H,16,18)(H,17,19)(H,20,21)/t10?,13-/m1/s1. The number of nitrogens with one attached hydrogen (secondary N) is 2. The van der Waals surface area contributed by atoms with Crippen LogP contribution in [0.2, 0.25) is 0 Å². The first-order valence-corrected chi connectivity index (χ1v) is 6.82. The molecule has 3 N–H and O–H groups in total. The van der Waals surface area contributed by atoms with E-state index in [0.29, 0.717) is 11.3 Å². The Morgan fingerprint density at radius 2 is 2.00 bits per heavy atom. The molecule has 0 spiro atoms. The Hall–Kier alpha value is -2.37. The molecule has 0 aromatic heterocycles. The summed E-state index contributed by atoms with van der Waals surface area (Å²) in [6, 6.07) is 6.09. The largest absolute Gasteiger partial charge is 0.480 e. The number of carboxylic acids is 1. The average molecular weight is 290 g/mol. The molecular weight excluding hydrogens is 272 g/mol. The molecule has 0 saturated heterocycles. The SMILES string of the molecule is CC(C)[C@@H](NC(=O)C1CC(=O)Nc2ccccc21)C(=O)O. The van der Waals surface area contributed by atoms with E-state index in [1.54, 1.807) is 38.1 Å². The van der Waals surface area contributed by atoms with Gasteiger partial charge in [0.1, 0.15) is 6.04 Å². The summed E-state index contributed by atoms with van der Waals surface area (Å²) >= 11 is 0. The molecule has 0 radical (unpaired) electrons. The molecule has 6 nitrogen and oxygen atoms in total. The lowest BCUT2D eigenvalue weighted by molar-refractivity contribution is -0.143. The van der Waals surface area contributed by atoms with Crippen LogP contribution in [-0.4, -0.2) is 28.9 Å². The number of carbonyl (C=O) groups is 3. The predicted octanol–water partition coefficient (Wildman–Crippen LogP) is 1.34. The van der Waals surface area contributed by atoms with Crippen LogP contribution in [0.4, 0.5) is 5.69 Å². The van der Waals surface area contributed by atoms with E-state index in [0.717, 1.165) is 0 Å². The van der Waals surface area contributed by atoms with E-state index in [-0.39, 0.29) is 18.2 Å². The minimum absolute atomic E-state index is 0.0211. The number of fused-ring (bicyclic) bond motifs is 1. The second kappa shape index (κ2) is 5.95. The molecule has 0 fully saturated rings. The van der Waals surface area contributed by atoms with Gasteiger partial charge in [0, 0.05) is 12.1 Å². The number of aliphatic carboxylic acids is 1. The Labute approximate surface area is 122 Å². The van der Waals surface area contributed by atoms with E-state index < -0.39 is 23.8 Å². The molecule has 21 heavy (non-hydrogen) atoms. The molecule has 1 heterocycles. The molecule has 1 aromatic carbocycles. The van der Waals surface area contributed by atoms with E-state index >= 15 is 0 Å². The number of rotatable bonds is 4. The number of anilines is 1. The first kappa shape index (κ1) is 15.0. The highest BCUT2D eigenvalue weighted by Gasteiger charge is 2.33. The van der Waals surface area contributed by atoms with E-state index in [4.69, 9.17) is 5.11 Å². The Balaban J connectivity index is 2.23. The van der Waals surface area contributed by atoms with Crippen LogP contribution in [0.15, 0.2) is 24.3 Å². The highest BCUT2D eigenvalue weighted by molar-refractivity contribution is 6.01. The first-order valence-electron chi connectivity index (χ1n) is 6.82. The van der Waals surface area contributed by atoms with Crippen molar-refractivity contribution in [3.63, 3.8) is 0 Å². The molecule has 0 aliphatic carbocycles. The molecule has 6 heteroatoms. The fourth-order valence-electron chi connectivity index (χ4n) is 2.41. The van der Waals surface area contributed by atoms with Crippen LogP contribution in [-0.2, 0) is 14.4 Å². The van der Waals surface area contributed by atoms with E-state index in [1.165, 1.54) is 0 Å². The number of benzene rings is 1. The third-order valence-corrected chi connectivity index (χ3v) is 3.55. The first-order chi connectivity index (χ1) is 9.90. The molecule has 2 rings (SSSR count). The van der Waals surface area contributed by atoms with Crippen molar-refractivity contribution in [2.24, 2.45) is 5.92 Å². The summed E-state index contributed by atoms with van der Waals surface area (Å²) in [6.45, 7) is 3.45. The molecule has 0 saturated carbocycles. The van der Waals surface area contributed by atoms with Gasteiger partial charge in [-0.15, -0.1) is 0 Å². The molecular formula is C15H18N2O4. The summed E-state index contributed by atoms with van der Waals surface area (Å²) in [5, 5.41) is 14.4. The van der Waals surface area contributed by atoms with Gasteiger partial charge in [0.15, 0.2) is 0 Å². The number of amides is 2. The fraction of sp³-hybridized carbons (Fsp3) is 0.400. The van der Waals surface area contributed by atoms with Crippen molar-refractivity contribution in [3.8, 4) is 0 Å². The van der Waals surface area contributed by atoms with Gasteiger partial charge in [0.25, 0.3) is 0 Å². The van der Waals surface area contributed by atoms with E-state index in [9.17, 15) is 14.4 Å². The van der Waals surface area contributed by atoms with E-state index in [2.05, 4.69) is 10.6 Å². The minimum atomic E-state index is -1.08. The molecule has 112 valence electrons. The Morgan fingerprint density at radius 1 is 1.33 bits per heavy atom.